The van der Waals surface area contributed by atoms with Crippen molar-refractivity contribution in [1.29, 1.82) is 0 Å². The molecule has 0 amide bonds. The zero-order valence-corrected chi connectivity index (χ0v) is 16.4. The van der Waals surface area contributed by atoms with Crippen LogP contribution in [0.1, 0.15) is 0 Å². The molecule has 0 unspecified atom stereocenters. The van der Waals surface area contributed by atoms with Gasteiger partial charge in [-0.05, 0) is 33.7 Å². The molecule has 0 saturated heterocycles. The Labute approximate surface area is 170 Å². The minimum absolute atomic E-state index is 0.237. The molecule has 148 valence electrons. The van der Waals surface area contributed by atoms with Crippen molar-refractivity contribution in [2.45, 2.75) is 0 Å². The zero-order valence-electron chi connectivity index (χ0n) is 16.4. The molecule has 4 aromatic carbocycles. The summed E-state index contributed by atoms with van der Waals surface area (Å²) in [5, 5.41) is 15.0. The summed E-state index contributed by atoms with van der Waals surface area (Å²) < 4.78 is 16.6. The first-order valence-electron chi connectivity index (χ1n) is 9.72. The van der Waals surface area contributed by atoms with Crippen molar-refractivity contribution in [3.8, 4) is 22.6 Å². The van der Waals surface area contributed by atoms with E-state index in [9.17, 15) is 5.11 Å². The Balaban J connectivity index is 1.79. The first-order chi connectivity index (χ1) is 14.3. The lowest BCUT2D eigenvalue weighted by Crippen LogP contribution is -2.10. The highest BCUT2D eigenvalue weighted by Gasteiger charge is 2.17. The van der Waals surface area contributed by atoms with E-state index in [4.69, 9.17) is 14.2 Å². The summed E-state index contributed by atoms with van der Waals surface area (Å²) in [6.45, 7) is 1.98. The maximum atomic E-state index is 10.8. The first-order valence-corrected chi connectivity index (χ1v) is 9.72. The SMILES string of the molecule is COCCOCCOc1ccc2ccccc2c1-c1c(O)ccc2ccccc12. The third kappa shape index (κ3) is 4.04. The van der Waals surface area contributed by atoms with E-state index in [0.717, 1.165) is 38.4 Å². The predicted molar refractivity (Wildman–Crippen MR) is 117 cm³/mol. The number of phenols is 1. The van der Waals surface area contributed by atoms with Gasteiger partial charge in [-0.2, -0.15) is 0 Å². The lowest BCUT2D eigenvalue weighted by Gasteiger charge is -2.17. The molecule has 4 rings (SSSR count). The molecule has 0 heterocycles. The van der Waals surface area contributed by atoms with Crippen LogP contribution in [0.4, 0.5) is 0 Å². The molecular formula is C25H24O4. The van der Waals surface area contributed by atoms with Crippen LogP contribution in [0.3, 0.4) is 0 Å². The second-order valence-corrected chi connectivity index (χ2v) is 6.79. The van der Waals surface area contributed by atoms with Crippen molar-refractivity contribution in [2.75, 3.05) is 33.5 Å². The minimum Gasteiger partial charge on any atom is -0.507 e. The van der Waals surface area contributed by atoms with Crippen LogP contribution in [0.25, 0.3) is 32.7 Å². The Kier molecular flexibility index (Phi) is 5.94. The molecule has 0 aromatic heterocycles. The molecule has 0 aliphatic rings. The molecule has 0 atom stereocenters. The van der Waals surface area contributed by atoms with Crippen LogP contribution >= 0.6 is 0 Å². The molecule has 1 N–H and O–H groups in total. The van der Waals surface area contributed by atoms with Crippen molar-refractivity contribution < 1.29 is 19.3 Å². The van der Waals surface area contributed by atoms with E-state index in [1.165, 1.54) is 0 Å². The van der Waals surface area contributed by atoms with Crippen LogP contribution in [-0.4, -0.2) is 38.6 Å². The van der Waals surface area contributed by atoms with E-state index in [2.05, 4.69) is 12.1 Å². The van der Waals surface area contributed by atoms with Crippen LogP contribution in [-0.2, 0) is 9.47 Å². The third-order valence-electron chi connectivity index (χ3n) is 4.96. The Morgan fingerprint density at radius 3 is 2.00 bits per heavy atom. The average molecular weight is 388 g/mol. The van der Waals surface area contributed by atoms with Crippen LogP contribution in [0, 0.1) is 0 Å². The van der Waals surface area contributed by atoms with Crippen LogP contribution in [0.15, 0.2) is 72.8 Å². The number of benzene rings is 4. The Morgan fingerprint density at radius 1 is 0.655 bits per heavy atom. The van der Waals surface area contributed by atoms with Crippen LogP contribution < -0.4 is 4.74 Å². The standard InChI is InChI=1S/C25H24O4/c1-27-14-15-28-16-17-29-23-13-11-19-7-3-5-9-21(19)25(23)24-20-8-4-2-6-18(20)10-12-22(24)26/h2-13,26H,14-17H2,1H3. The van der Waals surface area contributed by atoms with Crippen molar-refractivity contribution >= 4 is 21.5 Å². The maximum absolute atomic E-state index is 10.8. The number of hydrogen-bond donors (Lipinski definition) is 1. The highest BCUT2D eigenvalue weighted by Crippen LogP contribution is 2.44. The number of ether oxygens (including phenoxy) is 3. The number of phenolic OH excluding ortho intramolecular Hbond substituents is 1. The lowest BCUT2D eigenvalue weighted by molar-refractivity contribution is 0.0545. The normalized spacial score (nSPS) is 11.2. The topological polar surface area (TPSA) is 47.9 Å². The number of rotatable bonds is 8. The summed E-state index contributed by atoms with van der Waals surface area (Å²) in [5.41, 5.74) is 1.68. The highest BCUT2D eigenvalue weighted by molar-refractivity contribution is 6.09. The number of fused-ring (bicyclic) bond motifs is 2. The summed E-state index contributed by atoms with van der Waals surface area (Å²) in [4.78, 5) is 0. The molecule has 4 heteroatoms. The van der Waals surface area contributed by atoms with Gasteiger partial charge in [0.2, 0.25) is 0 Å². The molecule has 0 aliphatic carbocycles. The van der Waals surface area contributed by atoms with Gasteiger partial charge in [-0.3, -0.25) is 0 Å². The summed E-state index contributed by atoms with van der Waals surface area (Å²) in [6.07, 6.45) is 0. The smallest absolute Gasteiger partial charge is 0.128 e. The van der Waals surface area contributed by atoms with Gasteiger partial charge in [-0.15, -0.1) is 0 Å². The van der Waals surface area contributed by atoms with Gasteiger partial charge in [-0.25, -0.2) is 0 Å². The maximum Gasteiger partial charge on any atom is 0.128 e. The van der Waals surface area contributed by atoms with Crippen LogP contribution in [0.2, 0.25) is 0 Å². The zero-order chi connectivity index (χ0) is 20.1. The van der Waals surface area contributed by atoms with Gasteiger partial charge in [-0.1, -0.05) is 60.7 Å². The fourth-order valence-electron chi connectivity index (χ4n) is 3.61. The van der Waals surface area contributed by atoms with Gasteiger partial charge in [0.15, 0.2) is 0 Å². The van der Waals surface area contributed by atoms with Gasteiger partial charge in [0.25, 0.3) is 0 Å². The molecule has 4 nitrogen and oxygen atoms in total. The molecular weight excluding hydrogens is 364 g/mol. The van der Waals surface area contributed by atoms with Gasteiger partial charge >= 0.3 is 0 Å². The van der Waals surface area contributed by atoms with Gasteiger partial charge < -0.3 is 19.3 Å². The molecule has 0 radical (unpaired) electrons. The Morgan fingerprint density at radius 2 is 1.28 bits per heavy atom. The van der Waals surface area contributed by atoms with Crippen molar-refractivity contribution in [3.63, 3.8) is 0 Å². The van der Waals surface area contributed by atoms with Gasteiger partial charge in [0.1, 0.15) is 18.1 Å². The predicted octanol–water partition coefficient (Wildman–Crippen LogP) is 5.41. The summed E-state index contributed by atoms with van der Waals surface area (Å²) in [6, 6.07) is 23.9. The first kappa shape index (κ1) is 19.2. The van der Waals surface area contributed by atoms with Crippen molar-refractivity contribution in [2.24, 2.45) is 0 Å². The Bertz CT molecular complexity index is 1120. The fraction of sp³-hybridized carbons (Fsp3) is 0.200. The quantitative estimate of drug-likeness (QED) is 0.410. The molecule has 0 bridgehead atoms. The van der Waals surface area contributed by atoms with E-state index in [-0.39, 0.29) is 5.75 Å². The van der Waals surface area contributed by atoms with Gasteiger partial charge in [0.05, 0.1) is 19.8 Å². The van der Waals surface area contributed by atoms with Crippen molar-refractivity contribution in [1.82, 2.24) is 0 Å². The second-order valence-electron chi connectivity index (χ2n) is 6.79. The highest BCUT2D eigenvalue weighted by atomic mass is 16.5. The Hall–Kier alpha value is -3.08. The summed E-state index contributed by atoms with van der Waals surface area (Å²) in [7, 11) is 1.65. The van der Waals surface area contributed by atoms with E-state index < -0.39 is 0 Å². The second kappa shape index (κ2) is 8.95. The molecule has 0 aliphatic heterocycles. The monoisotopic (exact) mass is 388 g/mol. The largest absolute Gasteiger partial charge is 0.507 e. The number of aromatic hydroxyl groups is 1. The molecule has 4 aromatic rings. The number of hydrogen-bond acceptors (Lipinski definition) is 4. The number of methoxy groups -OCH3 is 1. The average Bonchev–Trinajstić information content (AvgIpc) is 2.76. The van der Waals surface area contributed by atoms with Crippen LogP contribution in [0.5, 0.6) is 11.5 Å². The van der Waals surface area contributed by atoms with Gasteiger partial charge in [0, 0.05) is 18.2 Å². The summed E-state index contributed by atoms with van der Waals surface area (Å²) in [5.74, 6) is 0.965. The van der Waals surface area contributed by atoms with E-state index in [0.29, 0.717) is 26.4 Å². The van der Waals surface area contributed by atoms with E-state index >= 15 is 0 Å². The third-order valence-corrected chi connectivity index (χ3v) is 4.96. The molecule has 29 heavy (non-hydrogen) atoms. The summed E-state index contributed by atoms with van der Waals surface area (Å²) >= 11 is 0. The van der Waals surface area contributed by atoms with Crippen molar-refractivity contribution in [3.05, 3.63) is 72.8 Å². The minimum atomic E-state index is 0.237. The van der Waals surface area contributed by atoms with E-state index in [1.54, 1.807) is 13.2 Å². The fourth-order valence-corrected chi connectivity index (χ4v) is 3.61. The molecule has 0 saturated carbocycles. The van der Waals surface area contributed by atoms with E-state index in [1.807, 2.05) is 54.6 Å². The lowest BCUT2D eigenvalue weighted by atomic mass is 9.92. The molecule has 0 fully saturated rings. The molecule has 0 spiro atoms.